The molecule has 0 fully saturated rings. The summed E-state index contributed by atoms with van der Waals surface area (Å²) < 4.78 is 5.10. The van der Waals surface area contributed by atoms with Crippen LogP contribution in [0.1, 0.15) is 5.69 Å². The molecule has 0 radical (unpaired) electrons. The minimum absolute atomic E-state index is 0.0373. The number of benzene rings is 1. The largest absolute Gasteiger partial charge is 0.490 e. The smallest absolute Gasteiger partial charge is 0.311 e. The maximum Gasteiger partial charge on any atom is 0.311 e. The van der Waals surface area contributed by atoms with Crippen molar-refractivity contribution in [1.29, 1.82) is 0 Å². The molecule has 1 aromatic carbocycles. The van der Waals surface area contributed by atoms with Gasteiger partial charge in [-0.05, 0) is 6.07 Å². The Morgan fingerprint density at radius 3 is 3.00 bits per heavy atom. The number of anilines is 1. The van der Waals surface area contributed by atoms with E-state index in [1.165, 1.54) is 7.11 Å². The van der Waals surface area contributed by atoms with E-state index in [9.17, 15) is 10.1 Å². The van der Waals surface area contributed by atoms with Gasteiger partial charge in [0.05, 0.1) is 12.0 Å². The third kappa shape index (κ3) is 1.95. The molecule has 102 valence electrons. The van der Waals surface area contributed by atoms with Crippen LogP contribution < -0.4 is 10.1 Å². The fourth-order valence-corrected chi connectivity index (χ4v) is 2.44. The number of methoxy groups -OCH3 is 1. The van der Waals surface area contributed by atoms with Crippen molar-refractivity contribution in [3.63, 3.8) is 0 Å². The number of pyridine rings is 1. The molecular weight excluding hydrogens is 258 g/mol. The minimum Gasteiger partial charge on any atom is -0.490 e. The van der Waals surface area contributed by atoms with E-state index >= 15 is 0 Å². The quantitative estimate of drug-likeness (QED) is 0.671. The topological polar surface area (TPSA) is 77.3 Å². The Balaban J connectivity index is 2.27. The zero-order valence-electron chi connectivity index (χ0n) is 10.9. The van der Waals surface area contributed by atoms with E-state index in [0.717, 1.165) is 35.5 Å². The highest BCUT2D eigenvalue weighted by Crippen LogP contribution is 2.40. The molecule has 1 aromatic heterocycles. The fourth-order valence-electron chi connectivity index (χ4n) is 2.44. The summed E-state index contributed by atoms with van der Waals surface area (Å²) in [7, 11) is 1.43. The second-order valence-electron chi connectivity index (χ2n) is 4.50. The molecule has 0 atom stereocenters. The number of aromatic nitrogens is 1. The van der Waals surface area contributed by atoms with E-state index in [4.69, 9.17) is 4.74 Å². The Kier molecular flexibility index (Phi) is 2.98. The third-order valence-electron chi connectivity index (χ3n) is 3.37. The second-order valence-corrected chi connectivity index (χ2v) is 4.50. The highest BCUT2D eigenvalue weighted by Gasteiger charge is 2.22. The summed E-state index contributed by atoms with van der Waals surface area (Å²) in [5.41, 5.74) is 3.46. The standard InChI is InChI=1S/C14H13N3O3/c1-20-14-8-12-10(7-13(14)17(18)19)9-3-2-5-15-11(9)4-6-16-12/h2-3,5,7-8,16H,4,6H2,1H3. The number of fused-ring (bicyclic) bond motifs is 3. The number of nitrogens with one attached hydrogen (secondary N) is 1. The predicted octanol–water partition coefficient (Wildman–Crippen LogP) is 2.63. The van der Waals surface area contributed by atoms with Crippen molar-refractivity contribution in [2.24, 2.45) is 0 Å². The number of hydrogen-bond acceptors (Lipinski definition) is 5. The molecule has 0 saturated carbocycles. The van der Waals surface area contributed by atoms with Crippen molar-refractivity contribution < 1.29 is 9.66 Å². The van der Waals surface area contributed by atoms with Gasteiger partial charge in [-0.2, -0.15) is 0 Å². The van der Waals surface area contributed by atoms with Gasteiger partial charge in [0.2, 0.25) is 0 Å². The normalized spacial score (nSPS) is 12.7. The average Bonchev–Trinajstić information content (AvgIpc) is 2.64. The maximum absolute atomic E-state index is 11.2. The molecule has 0 aliphatic carbocycles. The Bertz CT molecular complexity index is 685. The molecule has 1 aliphatic rings. The van der Waals surface area contributed by atoms with Crippen molar-refractivity contribution in [2.75, 3.05) is 19.0 Å². The molecule has 6 nitrogen and oxygen atoms in total. The van der Waals surface area contributed by atoms with Gasteiger partial charge in [0.25, 0.3) is 0 Å². The molecule has 0 amide bonds. The van der Waals surface area contributed by atoms with Crippen molar-refractivity contribution in [1.82, 2.24) is 4.98 Å². The lowest BCUT2D eigenvalue weighted by Gasteiger charge is -2.11. The maximum atomic E-state index is 11.2. The highest BCUT2D eigenvalue weighted by molar-refractivity contribution is 5.84. The summed E-state index contributed by atoms with van der Waals surface area (Å²) in [6, 6.07) is 7.00. The van der Waals surface area contributed by atoms with E-state index in [1.807, 2.05) is 12.1 Å². The molecule has 20 heavy (non-hydrogen) atoms. The SMILES string of the molecule is COc1cc2c(cc1[N+](=O)[O-])-c1cccnc1CCN2. The summed E-state index contributed by atoms with van der Waals surface area (Å²) in [6.45, 7) is 0.734. The zero-order valence-corrected chi connectivity index (χ0v) is 10.9. The number of rotatable bonds is 2. The van der Waals surface area contributed by atoms with Gasteiger partial charge in [-0.1, -0.05) is 6.07 Å². The number of nitrogens with zero attached hydrogens (tertiary/aromatic N) is 2. The van der Waals surface area contributed by atoms with Crippen LogP contribution in [0.3, 0.4) is 0 Å². The Morgan fingerprint density at radius 1 is 1.40 bits per heavy atom. The number of nitro groups is 1. The molecule has 0 spiro atoms. The summed E-state index contributed by atoms with van der Waals surface area (Å²) in [5.74, 6) is 0.258. The van der Waals surface area contributed by atoms with Crippen molar-refractivity contribution in [3.8, 4) is 16.9 Å². The van der Waals surface area contributed by atoms with Crippen LogP contribution in [0.15, 0.2) is 30.5 Å². The molecule has 0 unspecified atom stereocenters. The summed E-state index contributed by atoms with van der Waals surface area (Å²) in [4.78, 5) is 15.1. The van der Waals surface area contributed by atoms with E-state index < -0.39 is 4.92 Å². The molecule has 0 bridgehead atoms. The van der Waals surface area contributed by atoms with Gasteiger partial charge in [-0.15, -0.1) is 0 Å². The first-order valence-corrected chi connectivity index (χ1v) is 6.25. The molecule has 1 N–H and O–H groups in total. The average molecular weight is 271 g/mol. The van der Waals surface area contributed by atoms with E-state index in [1.54, 1.807) is 18.3 Å². The van der Waals surface area contributed by atoms with Gasteiger partial charge < -0.3 is 10.1 Å². The van der Waals surface area contributed by atoms with Crippen LogP contribution in [0.25, 0.3) is 11.1 Å². The molecule has 0 saturated heterocycles. The monoisotopic (exact) mass is 271 g/mol. The van der Waals surface area contributed by atoms with Gasteiger partial charge >= 0.3 is 5.69 Å². The fraction of sp³-hybridized carbons (Fsp3) is 0.214. The first-order valence-electron chi connectivity index (χ1n) is 6.25. The first kappa shape index (κ1) is 12.4. The van der Waals surface area contributed by atoms with Crippen LogP contribution in [-0.4, -0.2) is 23.6 Å². The second kappa shape index (κ2) is 4.80. The number of ether oxygens (including phenoxy) is 1. The molecular formula is C14H13N3O3. The molecule has 2 heterocycles. The number of nitro benzene ring substituents is 1. The lowest BCUT2D eigenvalue weighted by atomic mass is 10.0. The molecule has 3 rings (SSSR count). The van der Waals surface area contributed by atoms with Crippen LogP contribution in [0.4, 0.5) is 11.4 Å². The van der Waals surface area contributed by atoms with Crippen LogP contribution in [0.2, 0.25) is 0 Å². The van der Waals surface area contributed by atoms with Crippen molar-refractivity contribution >= 4 is 11.4 Å². The van der Waals surface area contributed by atoms with Crippen LogP contribution in [0.5, 0.6) is 5.75 Å². The highest BCUT2D eigenvalue weighted by atomic mass is 16.6. The summed E-state index contributed by atoms with van der Waals surface area (Å²) >= 11 is 0. The van der Waals surface area contributed by atoms with Crippen LogP contribution in [-0.2, 0) is 6.42 Å². The van der Waals surface area contributed by atoms with Gasteiger partial charge in [0.15, 0.2) is 5.75 Å². The van der Waals surface area contributed by atoms with Crippen LogP contribution >= 0.6 is 0 Å². The zero-order chi connectivity index (χ0) is 14.1. The van der Waals surface area contributed by atoms with E-state index in [-0.39, 0.29) is 11.4 Å². The lowest BCUT2D eigenvalue weighted by Crippen LogP contribution is -2.03. The Labute approximate surface area is 115 Å². The first-order chi connectivity index (χ1) is 9.70. The van der Waals surface area contributed by atoms with Crippen molar-refractivity contribution in [2.45, 2.75) is 6.42 Å². The Morgan fingerprint density at radius 2 is 2.25 bits per heavy atom. The molecule has 6 heteroatoms. The summed E-state index contributed by atoms with van der Waals surface area (Å²) in [5, 5.41) is 14.4. The third-order valence-corrected chi connectivity index (χ3v) is 3.37. The molecule has 1 aliphatic heterocycles. The molecule has 2 aromatic rings. The summed E-state index contributed by atoms with van der Waals surface area (Å²) in [6.07, 6.45) is 2.52. The lowest BCUT2D eigenvalue weighted by molar-refractivity contribution is -0.385. The van der Waals surface area contributed by atoms with Crippen LogP contribution in [0, 0.1) is 10.1 Å². The Hall–Kier alpha value is -2.63. The van der Waals surface area contributed by atoms with Crippen molar-refractivity contribution in [3.05, 3.63) is 46.3 Å². The van der Waals surface area contributed by atoms with Gasteiger partial charge in [-0.25, -0.2) is 0 Å². The number of hydrogen-bond donors (Lipinski definition) is 1. The predicted molar refractivity (Wildman–Crippen MR) is 75.1 cm³/mol. The van der Waals surface area contributed by atoms with E-state index in [2.05, 4.69) is 10.3 Å². The van der Waals surface area contributed by atoms with Gasteiger partial charge in [0.1, 0.15) is 0 Å². The van der Waals surface area contributed by atoms with Gasteiger partial charge in [0, 0.05) is 53.8 Å². The van der Waals surface area contributed by atoms with Gasteiger partial charge in [-0.3, -0.25) is 15.1 Å². The van der Waals surface area contributed by atoms with E-state index in [0.29, 0.717) is 0 Å². The minimum atomic E-state index is -0.431.